The number of hydrogen-bond donors (Lipinski definition) is 2. The fourth-order valence-corrected chi connectivity index (χ4v) is 1.78. The van der Waals surface area contributed by atoms with E-state index >= 15 is 0 Å². The molecule has 0 aromatic carbocycles. The number of esters is 1. The number of H-pyrrole nitrogens is 1. The van der Waals surface area contributed by atoms with E-state index in [4.69, 9.17) is 9.26 Å². The molecule has 0 radical (unpaired) electrons. The Labute approximate surface area is 127 Å². The lowest BCUT2D eigenvalue weighted by molar-refractivity contribution is -0.123. The van der Waals surface area contributed by atoms with Crippen molar-refractivity contribution in [3.63, 3.8) is 0 Å². The number of rotatable bonds is 6. The third-order valence-corrected chi connectivity index (χ3v) is 2.89. The molecular weight excluding hydrogens is 288 g/mol. The van der Waals surface area contributed by atoms with Crippen LogP contribution in [0.1, 0.15) is 42.1 Å². The minimum atomic E-state index is -0.982. The highest BCUT2D eigenvalue weighted by atomic mass is 16.5. The highest BCUT2D eigenvalue weighted by Crippen LogP contribution is 2.10. The second-order valence-electron chi connectivity index (χ2n) is 4.90. The molecule has 1 atom stereocenters. The summed E-state index contributed by atoms with van der Waals surface area (Å²) in [6, 6.07) is 3.19. The van der Waals surface area contributed by atoms with Crippen LogP contribution in [0.3, 0.4) is 0 Å². The van der Waals surface area contributed by atoms with Gasteiger partial charge >= 0.3 is 5.97 Å². The van der Waals surface area contributed by atoms with E-state index in [2.05, 4.69) is 20.7 Å². The number of nitrogens with one attached hydrogen (secondary N) is 2. The number of aryl methyl sites for hydroxylation is 2. The molecule has 8 nitrogen and oxygen atoms in total. The van der Waals surface area contributed by atoms with Gasteiger partial charge in [0.1, 0.15) is 0 Å². The summed E-state index contributed by atoms with van der Waals surface area (Å²) in [4.78, 5) is 23.8. The Hall–Kier alpha value is -2.64. The Kier molecular flexibility index (Phi) is 4.92. The zero-order valence-electron chi connectivity index (χ0n) is 12.7. The third-order valence-electron chi connectivity index (χ3n) is 2.89. The Bertz CT molecular complexity index is 661. The minimum Gasteiger partial charge on any atom is -0.448 e. The number of carbonyl (C=O) groups excluding carboxylic acids is 2. The van der Waals surface area contributed by atoms with Gasteiger partial charge in [0.15, 0.2) is 11.8 Å². The van der Waals surface area contributed by atoms with Gasteiger partial charge in [0.25, 0.3) is 5.91 Å². The van der Waals surface area contributed by atoms with Crippen LogP contribution in [0, 0.1) is 6.92 Å². The molecule has 0 aliphatic heterocycles. The van der Waals surface area contributed by atoms with Crippen molar-refractivity contribution in [3.05, 3.63) is 29.2 Å². The first-order valence-corrected chi connectivity index (χ1v) is 6.99. The topological polar surface area (TPSA) is 110 Å². The molecule has 1 amide bonds. The average Bonchev–Trinajstić information content (AvgIpc) is 3.08. The van der Waals surface area contributed by atoms with E-state index in [1.807, 2.05) is 6.92 Å². The fourth-order valence-electron chi connectivity index (χ4n) is 1.78. The molecule has 0 saturated carbocycles. The number of hydrogen-bond acceptors (Lipinski definition) is 6. The number of aromatic amines is 1. The van der Waals surface area contributed by atoms with Crippen LogP contribution < -0.4 is 5.32 Å². The van der Waals surface area contributed by atoms with Crippen LogP contribution in [0.15, 0.2) is 16.7 Å². The standard InChI is InChI=1S/C14H18N4O4/c1-4-5-10-7-11(17-16-10)14(20)21-9(3)13(19)15-12-6-8(2)18-22-12/h6-7,9H,4-5H2,1-3H3,(H,15,19)(H,16,17). The molecule has 0 saturated heterocycles. The van der Waals surface area contributed by atoms with Crippen molar-refractivity contribution in [2.75, 3.05) is 5.32 Å². The van der Waals surface area contributed by atoms with Crippen LogP contribution in [0.2, 0.25) is 0 Å². The lowest BCUT2D eigenvalue weighted by Gasteiger charge is -2.10. The average molecular weight is 306 g/mol. The second kappa shape index (κ2) is 6.88. The Morgan fingerprint density at radius 3 is 2.86 bits per heavy atom. The quantitative estimate of drug-likeness (QED) is 0.788. The summed E-state index contributed by atoms with van der Waals surface area (Å²) in [5, 5.41) is 12.8. The molecular formula is C14H18N4O4. The van der Waals surface area contributed by atoms with E-state index in [0.717, 1.165) is 18.5 Å². The summed E-state index contributed by atoms with van der Waals surface area (Å²) in [6.07, 6.45) is 0.747. The highest BCUT2D eigenvalue weighted by Gasteiger charge is 2.21. The second-order valence-corrected chi connectivity index (χ2v) is 4.90. The number of ether oxygens (including phenoxy) is 1. The molecule has 0 aliphatic rings. The van der Waals surface area contributed by atoms with Crippen LogP contribution in [0.4, 0.5) is 5.88 Å². The van der Waals surface area contributed by atoms with Gasteiger partial charge in [-0.15, -0.1) is 0 Å². The van der Waals surface area contributed by atoms with Crippen molar-refractivity contribution in [2.24, 2.45) is 0 Å². The van der Waals surface area contributed by atoms with Crippen molar-refractivity contribution in [2.45, 2.75) is 39.7 Å². The maximum Gasteiger partial charge on any atom is 0.359 e. The molecule has 1 unspecified atom stereocenters. The van der Waals surface area contributed by atoms with E-state index in [1.54, 1.807) is 19.1 Å². The van der Waals surface area contributed by atoms with E-state index in [0.29, 0.717) is 5.69 Å². The smallest absolute Gasteiger partial charge is 0.359 e. The van der Waals surface area contributed by atoms with Crippen LogP contribution >= 0.6 is 0 Å². The summed E-state index contributed by atoms with van der Waals surface area (Å²) < 4.78 is 9.94. The van der Waals surface area contributed by atoms with Crippen LogP contribution in [-0.4, -0.2) is 33.3 Å². The van der Waals surface area contributed by atoms with Gasteiger partial charge in [0, 0.05) is 11.8 Å². The van der Waals surface area contributed by atoms with Crippen LogP contribution in [0.25, 0.3) is 0 Å². The molecule has 22 heavy (non-hydrogen) atoms. The van der Waals surface area contributed by atoms with Gasteiger partial charge < -0.3 is 9.26 Å². The maximum atomic E-state index is 11.9. The van der Waals surface area contributed by atoms with Crippen molar-refractivity contribution < 1.29 is 18.8 Å². The summed E-state index contributed by atoms with van der Waals surface area (Å²) in [7, 11) is 0. The minimum absolute atomic E-state index is 0.151. The van der Waals surface area contributed by atoms with E-state index in [1.165, 1.54) is 6.92 Å². The predicted molar refractivity (Wildman–Crippen MR) is 77.3 cm³/mol. The molecule has 0 aliphatic carbocycles. The molecule has 2 rings (SSSR count). The number of nitrogens with zero attached hydrogens (tertiary/aromatic N) is 2. The maximum absolute atomic E-state index is 11.9. The molecule has 0 fully saturated rings. The molecule has 0 spiro atoms. The number of aromatic nitrogens is 3. The lowest BCUT2D eigenvalue weighted by atomic mass is 10.2. The Morgan fingerprint density at radius 1 is 1.45 bits per heavy atom. The largest absolute Gasteiger partial charge is 0.448 e. The molecule has 2 N–H and O–H groups in total. The van der Waals surface area contributed by atoms with Gasteiger partial charge in [-0.2, -0.15) is 5.10 Å². The third kappa shape index (κ3) is 3.94. The highest BCUT2D eigenvalue weighted by molar-refractivity contribution is 5.96. The predicted octanol–water partition coefficient (Wildman–Crippen LogP) is 1.84. The summed E-state index contributed by atoms with van der Waals surface area (Å²) >= 11 is 0. The van der Waals surface area contributed by atoms with E-state index < -0.39 is 18.0 Å². The van der Waals surface area contributed by atoms with E-state index in [-0.39, 0.29) is 11.6 Å². The first-order chi connectivity index (χ1) is 10.5. The molecule has 2 aromatic rings. The normalized spacial score (nSPS) is 12.0. The number of amides is 1. The molecule has 2 heterocycles. The zero-order valence-corrected chi connectivity index (χ0v) is 12.7. The SMILES string of the molecule is CCCc1cc(C(=O)OC(C)C(=O)Nc2cc(C)no2)n[nH]1. The number of carbonyl (C=O) groups is 2. The molecule has 118 valence electrons. The van der Waals surface area contributed by atoms with Gasteiger partial charge in [-0.05, 0) is 26.3 Å². The van der Waals surface area contributed by atoms with Crippen molar-refractivity contribution >= 4 is 17.8 Å². The summed E-state index contributed by atoms with van der Waals surface area (Å²) in [6.45, 7) is 5.22. The molecule has 8 heteroatoms. The van der Waals surface area contributed by atoms with Gasteiger partial charge in [0.05, 0.1) is 5.69 Å². The van der Waals surface area contributed by atoms with Gasteiger partial charge in [0.2, 0.25) is 5.88 Å². The van der Waals surface area contributed by atoms with Crippen molar-refractivity contribution in [1.29, 1.82) is 0 Å². The van der Waals surface area contributed by atoms with Crippen molar-refractivity contribution in [1.82, 2.24) is 15.4 Å². The monoisotopic (exact) mass is 306 g/mol. The fraction of sp³-hybridized carbons (Fsp3) is 0.429. The Morgan fingerprint density at radius 2 is 2.23 bits per heavy atom. The van der Waals surface area contributed by atoms with Crippen molar-refractivity contribution in [3.8, 4) is 0 Å². The first-order valence-electron chi connectivity index (χ1n) is 6.99. The van der Waals surface area contributed by atoms with Gasteiger partial charge in [-0.25, -0.2) is 4.79 Å². The zero-order chi connectivity index (χ0) is 16.1. The van der Waals surface area contributed by atoms with Crippen LogP contribution in [0.5, 0.6) is 0 Å². The molecule has 2 aromatic heterocycles. The van der Waals surface area contributed by atoms with Crippen LogP contribution in [-0.2, 0) is 16.0 Å². The van der Waals surface area contributed by atoms with E-state index in [9.17, 15) is 9.59 Å². The van der Waals surface area contributed by atoms with Gasteiger partial charge in [-0.1, -0.05) is 18.5 Å². The van der Waals surface area contributed by atoms with Gasteiger partial charge in [-0.3, -0.25) is 15.2 Å². The summed E-state index contributed by atoms with van der Waals surface area (Å²) in [5.41, 5.74) is 1.64. The molecule has 0 bridgehead atoms. The number of anilines is 1. The lowest BCUT2D eigenvalue weighted by Crippen LogP contribution is -2.30. The summed E-state index contributed by atoms with van der Waals surface area (Å²) in [5.74, 6) is -0.959. The first kappa shape index (κ1) is 15.7. The Balaban J connectivity index is 1.90.